The Balaban J connectivity index is 2.04. The fourth-order valence-corrected chi connectivity index (χ4v) is 2.45. The molecule has 0 saturated heterocycles. The van der Waals surface area contributed by atoms with Crippen LogP contribution in [0.2, 0.25) is 0 Å². The molecule has 0 bridgehead atoms. The van der Waals surface area contributed by atoms with Gasteiger partial charge in [0.15, 0.2) is 0 Å². The van der Waals surface area contributed by atoms with E-state index in [9.17, 15) is 4.79 Å². The van der Waals surface area contributed by atoms with Crippen LogP contribution in [0.4, 0.5) is 11.5 Å². The number of nitrogen functional groups attached to an aromatic ring is 1. The molecule has 4 N–H and O–H groups in total. The predicted octanol–water partition coefficient (Wildman–Crippen LogP) is 2.47. The summed E-state index contributed by atoms with van der Waals surface area (Å²) < 4.78 is 0. The third-order valence-electron chi connectivity index (χ3n) is 2.67. The predicted molar refractivity (Wildman–Crippen MR) is 76.7 cm³/mol. The Kier molecular flexibility index (Phi) is 4.01. The third kappa shape index (κ3) is 3.45. The fraction of sp³-hybridized carbons (Fsp3) is 0.231. The number of anilines is 2. The van der Waals surface area contributed by atoms with Gasteiger partial charge in [-0.2, -0.15) is 11.3 Å². The highest BCUT2D eigenvalue weighted by molar-refractivity contribution is 7.07. The number of aromatic nitrogens is 1. The number of hydrogen-bond acceptors (Lipinski definition) is 5. The van der Waals surface area contributed by atoms with E-state index in [1.165, 1.54) is 17.8 Å². The Labute approximate surface area is 115 Å². The summed E-state index contributed by atoms with van der Waals surface area (Å²) in [6.07, 6.45) is 2.17. The smallest absolute Gasteiger partial charge is 0.337 e. The van der Waals surface area contributed by atoms with E-state index in [2.05, 4.69) is 21.7 Å². The molecule has 6 heteroatoms. The molecule has 0 aliphatic heterocycles. The third-order valence-corrected chi connectivity index (χ3v) is 3.40. The molecule has 1 atom stereocenters. The van der Waals surface area contributed by atoms with Crippen molar-refractivity contribution in [2.24, 2.45) is 0 Å². The van der Waals surface area contributed by atoms with Gasteiger partial charge in [-0.1, -0.05) is 0 Å². The molecule has 0 aliphatic carbocycles. The minimum absolute atomic E-state index is 0.0912. The first-order chi connectivity index (χ1) is 9.06. The van der Waals surface area contributed by atoms with E-state index in [-0.39, 0.29) is 11.6 Å². The molecular weight excluding hydrogens is 262 g/mol. The second kappa shape index (κ2) is 5.71. The van der Waals surface area contributed by atoms with Crippen LogP contribution >= 0.6 is 11.3 Å². The minimum atomic E-state index is -1.03. The standard InChI is InChI=1S/C13H15N3O2S/c1-8(4-9-2-3-19-7-9)16-12-11(14)5-10(6-15-12)13(17)18/h2-3,5-8H,4,14H2,1H3,(H,15,16)(H,17,18). The van der Waals surface area contributed by atoms with Crippen LogP contribution in [0.15, 0.2) is 29.1 Å². The van der Waals surface area contributed by atoms with Gasteiger partial charge in [0.05, 0.1) is 11.3 Å². The highest BCUT2D eigenvalue weighted by Crippen LogP contribution is 2.18. The maximum absolute atomic E-state index is 10.8. The lowest BCUT2D eigenvalue weighted by Gasteiger charge is -2.15. The van der Waals surface area contributed by atoms with Crippen molar-refractivity contribution in [2.75, 3.05) is 11.1 Å². The number of thiophene rings is 1. The molecule has 0 fully saturated rings. The number of pyridine rings is 1. The summed E-state index contributed by atoms with van der Waals surface area (Å²) in [6.45, 7) is 2.03. The van der Waals surface area contributed by atoms with E-state index in [1.807, 2.05) is 12.3 Å². The van der Waals surface area contributed by atoms with Gasteiger partial charge in [-0.15, -0.1) is 0 Å². The number of nitrogens with one attached hydrogen (secondary N) is 1. The van der Waals surface area contributed by atoms with Gasteiger partial charge in [-0.3, -0.25) is 0 Å². The van der Waals surface area contributed by atoms with Gasteiger partial charge < -0.3 is 16.2 Å². The quantitative estimate of drug-likeness (QED) is 0.781. The minimum Gasteiger partial charge on any atom is -0.478 e. The molecule has 0 spiro atoms. The SMILES string of the molecule is CC(Cc1ccsc1)Nc1ncc(C(=O)O)cc1N. The van der Waals surface area contributed by atoms with Gasteiger partial charge in [-0.05, 0) is 41.8 Å². The van der Waals surface area contributed by atoms with Crippen molar-refractivity contribution in [3.63, 3.8) is 0 Å². The number of rotatable bonds is 5. The zero-order chi connectivity index (χ0) is 13.8. The lowest BCUT2D eigenvalue weighted by atomic mass is 10.1. The van der Waals surface area contributed by atoms with Gasteiger partial charge in [-0.25, -0.2) is 9.78 Å². The Morgan fingerprint density at radius 1 is 1.63 bits per heavy atom. The van der Waals surface area contributed by atoms with E-state index in [0.29, 0.717) is 11.5 Å². The highest BCUT2D eigenvalue weighted by atomic mass is 32.1. The van der Waals surface area contributed by atoms with E-state index in [4.69, 9.17) is 10.8 Å². The molecule has 5 nitrogen and oxygen atoms in total. The first-order valence-corrected chi connectivity index (χ1v) is 6.77. The number of nitrogens with two attached hydrogens (primary N) is 1. The van der Waals surface area contributed by atoms with Gasteiger partial charge in [0, 0.05) is 12.2 Å². The number of carbonyl (C=O) groups is 1. The molecule has 0 aliphatic rings. The summed E-state index contributed by atoms with van der Waals surface area (Å²) in [5.74, 6) is -0.509. The normalized spacial score (nSPS) is 12.1. The molecule has 2 heterocycles. The Morgan fingerprint density at radius 2 is 2.42 bits per heavy atom. The first-order valence-electron chi connectivity index (χ1n) is 5.82. The van der Waals surface area contributed by atoms with Crippen LogP contribution < -0.4 is 11.1 Å². The first kappa shape index (κ1) is 13.4. The maximum atomic E-state index is 10.8. The van der Waals surface area contributed by atoms with Crippen molar-refractivity contribution in [3.05, 3.63) is 40.2 Å². The van der Waals surface area contributed by atoms with Crippen LogP contribution in [0.5, 0.6) is 0 Å². The average molecular weight is 277 g/mol. The zero-order valence-corrected chi connectivity index (χ0v) is 11.3. The molecule has 2 aromatic heterocycles. The molecule has 0 aromatic carbocycles. The van der Waals surface area contributed by atoms with Crippen LogP contribution in [0.1, 0.15) is 22.8 Å². The molecule has 0 saturated carbocycles. The summed E-state index contributed by atoms with van der Waals surface area (Å²) in [5, 5.41) is 16.2. The number of carboxylic acid groups (broad SMARTS) is 1. The lowest BCUT2D eigenvalue weighted by molar-refractivity contribution is 0.0696. The molecule has 100 valence electrons. The van der Waals surface area contributed by atoms with Crippen LogP contribution in [0, 0.1) is 0 Å². The summed E-state index contributed by atoms with van der Waals surface area (Å²) in [4.78, 5) is 14.8. The summed E-state index contributed by atoms with van der Waals surface area (Å²) in [5.41, 5.74) is 7.49. The second-order valence-corrected chi connectivity index (χ2v) is 5.13. The van der Waals surface area contributed by atoms with Gasteiger partial charge in [0.25, 0.3) is 0 Å². The Hall–Kier alpha value is -2.08. The molecule has 19 heavy (non-hydrogen) atoms. The van der Waals surface area contributed by atoms with Crippen molar-refractivity contribution in [1.29, 1.82) is 0 Å². The monoisotopic (exact) mass is 277 g/mol. The lowest BCUT2D eigenvalue weighted by Crippen LogP contribution is -2.19. The highest BCUT2D eigenvalue weighted by Gasteiger charge is 2.10. The second-order valence-electron chi connectivity index (χ2n) is 4.35. The number of hydrogen-bond donors (Lipinski definition) is 3. The molecule has 2 rings (SSSR count). The number of aromatic carboxylic acids is 1. The van der Waals surface area contributed by atoms with Crippen LogP contribution in [0.3, 0.4) is 0 Å². The topological polar surface area (TPSA) is 88.2 Å². The summed E-state index contributed by atoms with van der Waals surface area (Å²) in [6, 6.07) is 3.65. The average Bonchev–Trinajstić information content (AvgIpc) is 2.84. The maximum Gasteiger partial charge on any atom is 0.337 e. The molecule has 2 aromatic rings. The Morgan fingerprint density at radius 3 is 3.00 bits per heavy atom. The summed E-state index contributed by atoms with van der Waals surface area (Å²) in [7, 11) is 0. The zero-order valence-electron chi connectivity index (χ0n) is 10.5. The molecule has 0 amide bonds. The van der Waals surface area contributed by atoms with Crippen molar-refractivity contribution in [1.82, 2.24) is 4.98 Å². The van der Waals surface area contributed by atoms with Crippen molar-refractivity contribution in [3.8, 4) is 0 Å². The molecule has 0 radical (unpaired) electrons. The summed E-state index contributed by atoms with van der Waals surface area (Å²) >= 11 is 1.66. The van der Waals surface area contributed by atoms with E-state index >= 15 is 0 Å². The van der Waals surface area contributed by atoms with E-state index < -0.39 is 5.97 Å². The van der Waals surface area contributed by atoms with Gasteiger partial charge in [0.2, 0.25) is 0 Å². The fourth-order valence-electron chi connectivity index (χ4n) is 1.77. The van der Waals surface area contributed by atoms with Crippen molar-refractivity contribution in [2.45, 2.75) is 19.4 Å². The van der Waals surface area contributed by atoms with Gasteiger partial charge in [0.1, 0.15) is 5.82 Å². The van der Waals surface area contributed by atoms with E-state index in [0.717, 1.165) is 6.42 Å². The molecular formula is C13H15N3O2S. The number of nitrogens with zero attached hydrogens (tertiary/aromatic N) is 1. The number of carboxylic acids is 1. The van der Waals surface area contributed by atoms with Gasteiger partial charge >= 0.3 is 5.97 Å². The van der Waals surface area contributed by atoms with Crippen LogP contribution in [-0.2, 0) is 6.42 Å². The molecule has 1 unspecified atom stereocenters. The van der Waals surface area contributed by atoms with Crippen LogP contribution in [-0.4, -0.2) is 22.1 Å². The Bertz CT molecular complexity index is 569. The van der Waals surface area contributed by atoms with E-state index in [1.54, 1.807) is 11.3 Å². The van der Waals surface area contributed by atoms with Crippen LogP contribution in [0.25, 0.3) is 0 Å². The largest absolute Gasteiger partial charge is 0.478 e. The van der Waals surface area contributed by atoms with Crippen molar-refractivity contribution < 1.29 is 9.90 Å². The van der Waals surface area contributed by atoms with Crippen molar-refractivity contribution >= 4 is 28.8 Å².